The number of anilines is 1. The molecule has 0 radical (unpaired) electrons. The van der Waals surface area contributed by atoms with E-state index in [1.165, 1.54) is 6.07 Å². The normalized spacial score (nSPS) is 10.3. The maximum atomic E-state index is 11.1. The highest BCUT2D eigenvalue weighted by atomic mass is 16.5. The summed E-state index contributed by atoms with van der Waals surface area (Å²) in [6, 6.07) is 9.02. The summed E-state index contributed by atoms with van der Waals surface area (Å²) in [7, 11) is 0. The van der Waals surface area contributed by atoms with E-state index in [9.17, 15) is 4.79 Å². The van der Waals surface area contributed by atoms with Crippen molar-refractivity contribution in [1.82, 2.24) is 9.97 Å². The summed E-state index contributed by atoms with van der Waals surface area (Å²) < 4.78 is 5.60. The van der Waals surface area contributed by atoms with Crippen LogP contribution in [0.5, 0.6) is 5.75 Å². The molecule has 116 valence electrons. The molecule has 2 rings (SSSR count). The molecule has 0 aliphatic carbocycles. The Balaban J connectivity index is 2.12. The van der Waals surface area contributed by atoms with E-state index in [2.05, 4.69) is 15.3 Å². The summed E-state index contributed by atoms with van der Waals surface area (Å²) in [5.41, 5.74) is 1.10. The third-order valence-electron chi connectivity index (χ3n) is 2.94. The number of nitrogens with zero attached hydrogens (tertiary/aromatic N) is 2. The molecule has 2 N–H and O–H groups in total. The van der Waals surface area contributed by atoms with E-state index in [1.54, 1.807) is 0 Å². The monoisotopic (exact) mass is 301 g/mol. The topological polar surface area (TPSA) is 84.3 Å². The standard InChI is InChI=1S/C16H19N3O3/c1-3-8-17-14-9-13(16(20)21)18-15(19-14)10-22-12-6-4-11(2)5-7-12/h4-7,9H,3,8,10H2,1-2H3,(H,20,21)(H,17,18,19). The molecule has 0 saturated heterocycles. The zero-order valence-electron chi connectivity index (χ0n) is 12.7. The second-order valence-electron chi connectivity index (χ2n) is 4.89. The van der Waals surface area contributed by atoms with Gasteiger partial charge in [-0.1, -0.05) is 24.6 Å². The SMILES string of the molecule is CCCNc1cc(C(=O)O)nc(COc2ccc(C)cc2)n1. The molecule has 0 atom stereocenters. The molecular formula is C16H19N3O3. The Bertz CT molecular complexity index is 642. The van der Waals surface area contributed by atoms with E-state index in [0.29, 0.717) is 23.9 Å². The molecule has 0 aliphatic heterocycles. The molecule has 1 aromatic heterocycles. The molecular weight excluding hydrogens is 282 g/mol. The fraction of sp³-hybridized carbons (Fsp3) is 0.312. The Morgan fingerprint density at radius 3 is 2.64 bits per heavy atom. The van der Waals surface area contributed by atoms with Crippen LogP contribution in [0.1, 0.15) is 35.2 Å². The number of carboxylic acids is 1. The number of carbonyl (C=O) groups is 1. The van der Waals surface area contributed by atoms with Crippen LogP contribution < -0.4 is 10.1 Å². The van der Waals surface area contributed by atoms with Gasteiger partial charge in [0.2, 0.25) is 0 Å². The van der Waals surface area contributed by atoms with Crippen molar-refractivity contribution in [2.45, 2.75) is 26.9 Å². The minimum atomic E-state index is -1.08. The maximum absolute atomic E-state index is 11.1. The van der Waals surface area contributed by atoms with Gasteiger partial charge in [0.1, 0.15) is 18.2 Å². The summed E-state index contributed by atoms with van der Waals surface area (Å²) in [5.74, 6) is 0.437. The lowest BCUT2D eigenvalue weighted by Crippen LogP contribution is -2.11. The smallest absolute Gasteiger partial charge is 0.354 e. The highest BCUT2D eigenvalue weighted by Gasteiger charge is 2.10. The van der Waals surface area contributed by atoms with Gasteiger partial charge in [0, 0.05) is 12.6 Å². The van der Waals surface area contributed by atoms with E-state index in [1.807, 2.05) is 38.1 Å². The van der Waals surface area contributed by atoms with Crippen molar-refractivity contribution in [2.75, 3.05) is 11.9 Å². The van der Waals surface area contributed by atoms with Crippen LogP contribution >= 0.6 is 0 Å². The van der Waals surface area contributed by atoms with Crippen molar-refractivity contribution in [1.29, 1.82) is 0 Å². The fourth-order valence-electron chi connectivity index (χ4n) is 1.80. The van der Waals surface area contributed by atoms with Gasteiger partial charge in [0.05, 0.1) is 0 Å². The van der Waals surface area contributed by atoms with E-state index < -0.39 is 5.97 Å². The van der Waals surface area contributed by atoms with Gasteiger partial charge in [0.25, 0.3) is 0 Å². The molecule has 0 saturated carbocycles. The molecule has 22 heavy (non-hydrogen) atoms. The summed E-state index contributed by atoms with van der Waals surface area (Å²) in [6.45, 7) is 4.85. The Hall–Kier alpha value is -2.63. The number of aromatic carboxylic acids is 1. The Morgan fingerprint density at radius 2 is 2.00 bits per heavy atom. The van der Waals surface area contributed by atoms with E-state index in [4.69, 9.17) is 9.84 Å². The van der Waals surface area contributed by atoms with Crippen molar-refractivity contribution in [3.8, 4) is 5.75 Å². The molecule has 6 heteroatoms. The number of carboxylic acid groups (broad SMARTS) is 1. The lowest BCUT2D eigenvalue weighted by Gasteiger charge is -2.09. The molecule has 1 aromatic carbocycles. The number of hydrogen-bond donors (Lipinski definition) is 2. The molecule has 0 amide bonds. The number of benzene rings is 1. The van der Waals surface area contributed by atoms with Crippen LogP contribution in [0, 0.1) is 6.92 Å². The summed E-state index contributed by atoms with van der Waals surface area (Å²) in [5, 5.41) is 12.2. The van der Waals surface area contributed by atoms with Crippen LogP contribution in [-0.4, -0.2) is 27.6 Å². The molecule has 6 nitrogen and oxygen atoms in total. The first kappa shape index (κ1) is 15.8. The van der Waals surface area contributed by atoms with Crippen LogP contribution in [0.15, 0.2) is 30.3 Å². The number of hydrogen-bond acceptors (Lipinski definition) is 5. The van der Waals surface area contributed by atoms with Crippen LogP contribution in [0.3, 0.4) is 0 Å². The van der Waals surface area contributed by atoms with Gasteiger partial charge in [-0.3, -0.25) is 0 Å². The van der Waals surface area contributed by atoms with E-state index in [0.717, 1.165) is 12.0 Å². The summed E-state index contributed by atoms with van der Waals surface area (Å²) in [4.78, 5) is 19.4. The highest BCUT2D eigenvalue weighted by molar-refractivity contribution is 5.86. The molecule has 0 unspecified atom stereocenters. The van der Waals surface area contributed by atoms with E-state index >= 15 is 0 Å². The minimum absolute atomic E-state index is 0.0453. The lowest BCUT2D eigenvalue weighted by atomic mass is 10.2. The first-order valence-electron chi connectivity index (χ1n) is 7.13. The zero-order chi connectivity index (χ0) is 15.9. The average Bonchev–Trinajstić information content (AvgIpc) is 2.52. The van der Waals surface area contributed by atoms with Gasteiger partial charge in [0.15, 0.2) is 11.5 Å². The van der Waals surface area contributed by atoms with Crippen LogP contribution in [0.2, 0.25) is 0 Å². The third-order valence-corrected chi connectivity index (χ3v) is 2.94. The van der Waals surface area contributed by atoms with Crippen LogP contribution in [-0.2, 0) is 6.61 Å². The Kier molecular flexibility index (Phi) is 5.30. The molecule has 1 heterocycles. The van der Waals surface area contributed by atoms with Gasteiger partial charge >= 0.3 is 5.97 Å². The maximum Gasteiger partial charge on any atom is 0.354 e. The Morgan fingerprint density at radius 1 is 1.27 bits per heavy atom. The quantitative estimate of drug-likeness (QED) is 0.818. The van der Waals surface area contributed by atoms with Gasteiger partial charge in [-0.05, 0) is 25.5 Å². The van der Waals surface area contributed by atoms with Crippen LogP contribution in [0.4, 0.5) is 5.82 Å². The van der Waals surface area contributed by atoms with Gasteiger partial charge < -0.3 is 15.2 Å². The van der Waals surface area contributed by atoms with Crippen molar-refractivity contribution in [3.05, 3.63) is 47.4 Å². The number of aryl methyl sites for hydroxylation is 1. The number of aromatic nitrogens is 2. The molecule has 0 spiro atoms. The number of ether oxygens (including phenoxy) is 1. The molecule has 0 aliphatic rings. The van der Waals surface area contributed by atoms with Crippen molar-refractivity contribution >= 4 is 11.8 Å². The summed E-state index contributed by atoms with van der Waals surface area (Å²) in [6.07, 6.45) is 0.918. The first-order valence-corrected chi connectivity index (χ1v) is 7.13. The molecule has 0 bridgehead atoms. The number of rotatable bonds is 7. The first-order chi connectivity index (χ1) is 10.6. The van der Waals surface area contributed by atoms with Crippen molar-refractivity contribution < 1.29 is 14.6 Å². The van der Waals surface area contributed by atoms with E-state index in [-0.39, 0.29) is 12.3 Å². The van der Waals surface area contributed by atoms with Crippen LogP contribution in [0.25, 0.3) is 0 Å². The second-order valence-corrected chi connectivity index (χ2v) is 4.89. The number of nitrogens with one attached hydrogen (secondary N) is 1. The average molecular weight is 301 g/mol. The highest BCUT2D eigenvalue weighted by Crippen LogP contribution is 2.14. The summed E-state index contributed by atoms with van der Waals surface area (Å²) >= 11 is 0. The zero-order valence-corrected chi connectivity index (χ0v) is 12.7. The van der Waals surface area contributed by atoms with Crippen molar-refractivity contribution in [2.24, 2.45) is 0 Å². The lowest BCUT2D eigenvalue weighted by molar-refractivity contribution is 0.0689. The predicted octanol–water partition coefficient (Wildman–Crippen LogP) is 2.88. The fourth-order valence-corrected chi connectivity index (χ4v) is 1.80. The van der Waals surface area contributed by atoms with Gasteiger partial charge in [-0.15, -0.1) is 0 Å². The minimum Gasteiger partial charge on any atom is -0.486 e. The van der Waals surface area contributed by atoms with Crippen molar-refractivity contribution in [3.63, 3.8) is 0 Å². The Labute approximate surface area is 129 Å². The second kappa shape index (κ2) is 7.40. The van der Waals surface area contributed by atoms with Gasteiger partial charge in [-0.25, -0.2) is 14.8 Å². The predicted molar refractivity (Wildman–Crippen MR) is 83.3 cm³/mol. The van der Waals surface area contributed by atoms with Gasteiger partial charge in [-0.2, -0.15) is 0 Å². The molecule has 0 fully saturated rings. The molecule has 2 aromatic rings. The largest absolute Gasteiger partial charge is 0.486 e. The third kappa shape index (κ3) is 4.44.